The van der Waals surface area contributed by atoms with E-state index in [0.29, 0.717) is 23.6 Å². The fraction of sp³-hybridized carbons (Fsp3) is 0.250. The van der Waals surface area contributed by atoms with Gasteiger partial charge in [0.2, 0.25) is 5.91 Å². The molecule has 1 aliphatic heterocycles. The number of amides is 2. The van der Waals surface area contributed by atoms with Gasteiger partial charge in [0.15, 0.2) is 0 Å². The monoisotopic (exact) mass is 601 g/mol. The lowest BCUT2D eigenvalue weighted by molar-refractivity contribution is -0.119. The molecule has 0 radical (unpaired) electrons. The highest BCUT2D eigenvalue weighted by Crippen LogP contribution is 2.45. The minimum atomic E-state index is -0.502. The van der Waals surface area contributed by atoms with Crippen molar-refractivity contribution in [3.8, 4) is 17.2 Å². The van der Waals surface area contributed by atoms with Crippen LogP contribution in [0.5, 0.6) is 11.5 Å². The fourth-order valence-corrected chi connectivity index (χ4v) is 5.49. The summed E-state index contributed by atoms with van der Waals surface area (Å²) in [6.07, 6.45) is 3.70. The number of para-hydroxylation sites is 2. The van der Waals surface area contributed by atoms with Crippen molar-refractivity contribution in [2.75, 3.05) is 32.2 Å². The molecule has 0 bridgehead atoms. The van der Waals surface area contributed by atoms with Gasteiger partial charge in [-0.05, 0) is 73.2 Å². The molecule has 1 unspecified atom stereocenters. The van der Waals surface area contributed by atoms with Crippen LogP contribution in [-0.4, -0.2) is 48.6 Å². The van der Waals surface area contributed by atoms with Crippen LogP contribution in [0.15, 0.2) is 89.5 Å². The summed E-state index contributed by atoms with van der Waals surface area (Å²) in [4.78, 5) is 31.5. The number of hydrogen-bond donors (Lipinski definition) is 0. The second-order valence-electron chi connectivity index (χ2n) is 9.65. The summed E-state index contributed by atoms with van der Waals surface area (Å²) in [6.45, 7) is 2.49. The van der Waals surface area contributed by atoms with Gasteiger partial charge >= 0.3 is 0 Å². The minimum Gasteiger partial charge on any atom is -0.497 e. The van der Waals surface area contributed by atoms with Crippen LogP contribution in [0.25, 0.3) is 5.69 Å². The molecule has 0 fully saturated rings. The number of halogens is 1. The molecule has 0 N–H and O–H groups in total. The van der Waals surface area contributed by atoms with Gasteiger partial charge in [-0.15, -0.1) is 0 Å². The largest absolute Gasteiger partial charge is 0.497 e. The average molecular weight is 603 g/mol. The summed E-state index contributed by atoms with van der Waals surface area (Å²) in [7, 11) is 3.24. The van der Waals surface area contributed by atoms with E-state index in [4.69, 9.17) is 9.47 Å². The van der Waals surface area contributed by atoms with Crippen LogP contribution >= 0.6 is 15.9 Å². The van der Waals surface area contributed by atoms with Crippen molar-refractivity contribution in [1.29, 1.82) is 0 Å². The zero-order valence-electron chi connectivity index (χ0n) is 22.8. The lowest BCUT2D eigenvalue weighted by atomic mass is 9.96. The van der Waals surface area contributed by atoms with Gasteiger partial charge in [0.25, 0.3) is 5.91 Å². The zero-order chi connectivity index (χ0) is 28.2. The summed E-state index contributed by atoms with van der Waals surface area (Å²) < 4.78 is 14.3. The topological polar surface area (TPSA) is 64.0 Å². The number of nitrogens with zero attached hydrogens (tertiary/aromatic N) is 3. The van der Waals surface area contributed by atoms with Crippen LogP contribution < -0.4 is 14.4 Å². The van der Waals surface area contributed by atoms with E-state index < -0.39 is 6.04 Å². The third-order valence-corrected chi connectivity index (χ3v) is 7.73. The first-order valence-electron chi connectivity index (χ1n) is 13.3. The predicted molar refractivity (Wildman–Crippen MR) is 160 cm³/mol. The number of aromatic nitrogens is 1. The molecule has 3 aromatic carbocycles. The number of unbranched alkanes of at least 4 members (excludes halogenated alkanes) is 1. The SMILES string of the molecule is CCCCN(CC(=O)N1c2ccccc2-n2cccc2C1c1cc(OC)ccc1OC)C(=O)c1ccc(Br)cc1. The maximum absolute atomic E-state index is 14.4. The number of fused-ring (bicyclic) bond motifs is 3. The number of carbonyl (C=O) groups excluding carboxylic acids is 2. The van der Waals surface area contributed by atoms with Crippen molar-refractivity contribution in [3.05, 3.63) is 106 Å². The van der Waals surface area contributed by atoms with Crippen LogP contribution in [0.2, 0.25) is 0 Å². The Morgan fingerprint density at radius 2 is 1.68 bits per heavy atom. The van der Waals surface area contributed by atoms with E-state index in [2.05, 4.69) is 27.4 Å². The number of methoxy groups -OCH3 is 2. The molecule has 1 aliphatic rings. The molecular weight excluding hydrogens is 570 g/mol. The molecule has 1 aromatic heterocycles. The molecule has 40 heavy (non-hydrogen) atoms. The van der Waals surface area contributed by atoms with Crippen LogP contribution in [0, 0.1) is 0 Å². The van der Waals surface area contributed by atoms with Crippen molar-refractivity contribution >= 4 is 33.4 Å². The smallest absolute Gasteiger partial charge is 0.254 e. The lowest BCUT2D eigenvalue weighted by Gasteiger charge is -2.40. The average Bonchev–Trinajstić information content (AvgIpc) is 3.48. The minimum absolute atomic E-state index is 0.0628. The number of carbonyl (C=O) groups is 2. The standard InChI is InChI=1S/C32H32BrN3O4/c1-4-5-18-34(32(38)22-12-14-23(33)15-13-22)21-30(37)36-27-10-7-6-9-26(27)35-19-8-11-28(35)31(36)25-20-24(39-2)16-17-29(25)40-3/h6-17,19-20,31H,4-5,18,21H2,1-3H3. The van der Waals surface area contributed by atoms with Gasteiger partial charge in [0.1, 0.15) is 24.1 Å². The normalized spacial score (nSPS) is 13.8. The summed E-state index contributed by atoms with van der Waals surface area (Å²) in [5, 5.41) is 0. The van der Waals surface area contributed by atoms with E-state index in [1.165, 1.54) is 0 Å². The Labute approximate surface area is 243 Å². The van der Waals surface area contributed by atoms with E-state index >= 15 is 0 Å². The first kappa shape index (κ1) is 27.5. The van der Waals surface area contributed by atoms with Crippen LogP contribution in [0.3, 0.4) is 0 Å². The second-order valence-corrected chi connectivity index (χ2v) is 10.6. The number of hydrogen-bond acceptors (Lipinski definition) is 4. The van der Waals surface area contributed by atoms with Gasteiger partial charge in [-0.25, -0.2) is 0 Å². The molecule has 2 heterocycles. The molecule has 7 nitrogen and oxygen atoms in total. The van der Waals surface area contributed by atoms with Gasteiger partial charge in [-0.1, -0.05) is 41.4 Å². The maximum Gasteiger partial charge on any atom is 0.254 e. The molecule has 4 aromatic rings. The Hall–Kier alpha value is -4.04. The summed E-state index contributed by atoms with van der Waals surface area (Å²) in [5.74, 6) is 0.953. The molecule has 0 spiro atoms. The number of ether oxygens (including phenoxy) is 2. The van der Waals surface area contributed by atoms with Crippen molar-refractivity contribution in [1.82, 2.24) is 9.47 Å². The number of rotatable bonds is 9. The second kappa shape index (κ2) is 12.0. The van der Waals surface area contributed by atoms with Gasteiger partial charge < -0.3 is 18.9 Å². The molecule has 0 aliphatic carbocycles. The maximum atomic E-state index is 14.4. The van der Waals surface area contributed by atoms with E-state index in [9.17, 15) is 9.59 Å². The highest BCUT2D eigenvalue weighted by molar-refractivity contribution is 9.10. The molecule has 0 saturated heterocycles. The van der Waals surface area contributed by atoms with E-state index in [1.807, 2.05) is 72.9 Å². The van der Waals surface area contributed by atoms with Gasteiger partial charge in [-0.2, -0.15) is 0 Å². The van der Waals surface area contributed by atoms with Crippen molar-refractivity contribution in [3.63, 3.8) is 0 Å². The Morgan fingerprint density at radius 1 is 0.925 bits per heavy atom. The number of anilines is 1. The van der Waals surface area contributed by atoms with Crippen molar-refractivity contribution in [2.24, 2.45) is 0 Å². The summed E-state index contributed by atoms with van der Waals surface area (Å²) in [6, 6.07) is 24.2. The fourth-order valence-electron chi connectivity index (χ4n) is 5.22. The number of benzene rings is 3. The molecular formula is C32H32BrN3O4. The lowest BCUT2D eigenvalue weighted by Crippen LogP contribution is -2.47. The quantitative estimate of drug-likeness (QED) is 0.216. The molecule has 1 atom stereocenters. The Morgan fingerprint density at radius 3 is 2.38 bits per heavy atom. The molecule has 0 saturated carbocycles. The summed E-state index contributed by atoms with van der Waals surface area (Å²) in [5.41, 5.74) is 3.92. The first-order valence-corrected chi connectivity index (χ1v) is 14.1. The first-order chi connectivity index (χ1) is 19.5. The van der Waals surface area contributed by atoms with Crippen molar-refractivity contribution in [2.45, 2.75) is 25.8 Å². The third kappa shape index (κ3) is 5.23. The Bertz CT molecular complexity index is 1510. The van der Waals surface area contributed by atoms with E-state index in [1.54, 1.807) is 36.2 Å². The van der Waals surface area contributed by atoms with Crippen LogP contribution in [0.1, 0.15) is 47.4 Å². The van der Waals surface area contributed by atoms with Gasteiger partial charge in [-0.3, -0.25) is 14.5 Å². The predicted octanol–water partition coefficient (Wildman–Crippen LogP) is 6.64. The Kier molecular flexibility index (Phi) is 8.26. The zero-order valence-corrected chi connectivity index (χ0v) is 24.4. The molecule has 5 rings (SSSR count). The molecule has 206 valence electrons. The summed E-state index contributed by atoms with van der Waals surface area (Å²) >= 11 is 3.44. The highest BCUT2D eigenvalue weighted by Gasteiger charge is 2.38. The molecule has 8 heteroatoms. The van der Waals surface area contributed by atoms with E-state index in [-0.39, 0.29) is 18.4 Å². The van der Waals surface area contributed by atoms with Crippen LogP contribution in [-0.2, 0) is 4.79 Å². The molecule has 2 amide bonds. The highest BCUT2D eigenvalue weighted by atomic mass is 79.9. The van der Waals surface area contributed by atoms with Crippen molar-refractivity contribution < 1.29 is 19.1 Å². The van der Waals surface area contributed by atoms with Crippen LogP contribution in [0.4, 0.5) is 5.69 Å². The third-order valence-electron chi connectivity index (χ3n) is 7.21. The van der Waals surface area contributed by atoms with Gasteiger partial charge in [0, 0.05) is 28.3 Å². The van der Waals surface area contributed by atoms with E-state index in [0.717, 1.165) is 39.9 Å². The Balaban J connectivity index is 1.60. The van der Waals surface area contributed by atoms with Gasteiger partial charge in [0.05, 0.1) is 31.3 Å².